The number of primary amides is 1. The van der Waals surface area contributed by atoms with Gasteiger partial charge < -0.3 is 20.9 Å². The van der Waals surface area contributed by atoms with Gasteiger partial charge in [-0.05, 0) is 50.2 Å². The Kier molecular flexibility index (Phi) is 9.98. The van der Waals surface area contributed by atoms with Crippen LogP contribution in [0, 0.1) is 11.8 Å². The Balaban J connectivity index is 0.00000324. The van der Waals surface area contributed by atoms with Crippen molar-refractivity contribution < 1.29 is 4.79 Å². The zero-order valence-corrected chi connectivity index (χ0v) is 22.4. The highest BCUT2D eigenvalue weighted by Gasteiger charge is 2.26. The molecule has 0 saturated carbocycles. The van der Waals surface area contributed by atoms with E-state index in [-0.39, 0.29) is 35.8 Å². The second-order valence-corrected chi connectivity index (χ2v) is 9.11. The molecule has 1 unspecified atom stereocenters. The molecular weight excluding hydrogens is 539 g/mol. The molecule has 0 spiro atoms. The number of likely N-dealkylation sites (tertiary alicyclic amines) is 1. The van der Waals surface area contributed by atoms with Crippen molar-refractivity contribution in [2.24, 2.45) is 22.6 Å². The Morgan fingerprint density at radius 3 is 2.59 bits per heavy atom. The van der Waals surface area contributed by atoms with Crippen LogP contribution in [0.4, 0.5) is 5.82 Å². The van der Waals surface area contributed by atoms with Crippen LogP contribution in [0.25, 0.3) is 0 Å². The third-order valence-electron chi connectivity index (χ3n) is 6.75. The Hall–Kier alpha value is -2.36. The number of amides is 1. The van der Waals surface area contributed by atoms with Gasteiger partial charge in [0.05, 0.1) is 6.54 Å². The molecule has 34 heavy (non-hydrogen) atoms. The highest BCUT2D eigenvalue weighted by Crippen LogP contribution is 2.25. The summed E-state index contributed by atoms with van der Waals surface area (Å²) in [5, 5.41) is 3.49. The monoisotopic (exact) mass is 576 g/mol. The first-order valence-electron chi connectivity index (χ1n) is 12.2. The van der Waals surface area contributed by atoms with Crippen molar-refractivity contribution in [3.05, 3.63) is 59.8 Å². The number of halogens is 1. The first kappa shape index (κ1) is 26.2. The van der Waals surface area contributed by atoms with Crippen LogP contribution in [0.1, 0.15) is 37.3 Å². The van der Waals surface area contributed by atoms with E-state index in [2.05, 4.69) is 63.4 Å². The summed E-state index contributed by atoms with van der Waals surface area (Å²) in [5.74, 6) is 2.40. The van der Waals surface area contributed by atoms with Crippen LogP contribution in [0.5, 0.6) is 0 Å². The van der Waals surface area contributed by atoms with Crippen LogP contribution < -0.4 is 16.0 Å². The number of hydrogen-bond donors (Lipinski definition) is 2. The van der Waals surface area contributed by atoms with E-state index in [4.69, 9.17) is 10.7 Å². The van der Waals surface area contributed by atoms with Crippen molar-refractivity contribution in [3.63, 3.8) is 0 Å². The standard InChI is InChI=1S/C26H36N6O.HI/c1-2-28-26(32-14-10-21(19-32)17-20-7-4-3-5-8-20)30-18-23-9-6-13-29-25(23)31-15-11-22(12-16-31)24(27)33;/h3-9,13,21-22H,2,10-12,14-19H2,1H3,(H2,27,33)(H,28,30);1H. The molecule has 0 aliphatic carbocycles. The van der Waals surface area contributed by atoms with Gasteiger partial charge in [0, 0.05) is 50.4 Å². The van der Waals surface area contributed by atoms with Crippen molar-refractivity contribution in [2.75, 3.05) is 37.6 Å². The summed E-state index contributed by atoms with van der Waals surface area (Å²) in [5.41, 5.74) is 8.03. The average Bonchev–Trinajstić information content (AvgIpc) is 3.31. The Labute approximate surface area is 220 Å². The van der Waals surface area contributed by atoms with Crippen molar-refractivity contribution in [1.29, 1.82) is 0 Å². The summed E-state index contributed by atoms with van der Waals surface area (Å²) in [6.45, 7) is 7.21. The predicted octanol–water partition coefficient (Wildman–Crippen LogP) is 3.43. The minimum Gasteiger partial charge on any atom is -0.369 e. The smallest absolute Gasteiger partial charge is 0.220 e. The molecule has 1 atom stereocenters. The molecule has 2 aliphatic rings. The number of piperidine rings is 1. The number of guanidine groups is 1. The van der Waals surface area contributed by atoms with E-state index in [0.29, 0.717) is 12.5 Å². The topological polar surface area (TPSA) is 86.9 Å². The second-order valence-electron chi connectivity index (χ2n) is 9.11. The first-order valence-corrected chi connectivity index (χ1v) is 12.2. The van der Waals surface area contributed by atoms with E-state index in [1.165, 1.54) is 12.0 Å². The summed E-state index contributed by atoms with van der Waals surface area (Å²) in [4.78, 5) is 25.8. The predicted molar refractivity (Wildman–Crippen MR) is 148 cm³/mol. The van der Waals surface area contributed by atoms with Gasteiger partial charge in [-0.2, -0.15) is 0 Å². The molecule has 1 aromatic heterocycles. The molecule has 3 heterocycles. The van der Waals surface area contributed by atoms with Gasteiger partial charge in [-0.25, -0.2) is 9.98 Å². The fraction of sp³-hybridized carbons (Fsp3) is 0.500. The highest BCUT2D eigenvalue weighted by molar-refractivity contribution is 14.0. The van der Waals surface area contributed by atoms with Crippen LogP contribution in [0.15, 0.2) is 53.7 Å². The number of carbonyl (C=O) groups excluding carboxylic acids is 1. The number of aromatic nitrogens is 1. The molecule has 0 bridgehead atoms. The SMILES string of the molecule is CCNC(=NCc1cccnc1N1CCC(C(N)=O)CC1)N1CCC(Cc2ccccc2)C1.I. The highest BCUT2D eigenvalue weighted by atomic mass is 127. The van der Waals surface area contributed by atoms with E-state index in [0.717, 1.165) is 69.3 Å². The number of rotatable bonds is 7. The maximum absolute atomic E-state index is 11.5. The molecule has 1 aromatic carbocycles. The van der Waals surface area contributed by atoms with E-state index in [9.17, 15) is 4.79 Å². The summed E-state index contributed by atoms with van der Waals surface area (Å²) < 4.78 is 0. The van der Waals surface area contributed by atoms with E-state index >= 15 is 0 Å². The van der Waals surface area contributed by atoms with E-state index < -0.39 is 0 Å². The number of benzene rings is 1. The molecule has 184 valence electrons. The summed E-state index contributed by atoms with van der Waals surface area (Å²) >= 11 is 0. The Bertz CT molecular complexity index is 945. The molecule has 2 saturated heterocycles. The summed E-state index contributed by atoms with van der Waals surface area (Å²) in [7, 11) is 0. The molecule has 1 amide bonds. The van der Waals surface area contributed by atoms with Gasteiger partial charge in [0.25, 0.3) is 0 Å². The summed E-state index contributed by atoms with van der Waals surface area (Å²) in [6.07, 6.45) is 5.71. The number of anilines is 1. The van der Waals surface area contributed by atoms with Crippen LogP contribution in [-0.4, -0.2) is 54.5 Å². The minimum absolute atomic E-state index is 0. The lowest BCUT2D eigenvalue weighted by Gasteiger charge is -2.32. The normalized spacial score (nSPS) is 19.1. The van der Waals surface area contributed by atoms with Crippen molar-refractivity contribution in [2.45, 2.75) is 39.2 Å². The lowest BCUT2D eigenvalue weighted by molar-refractivity contribution is -0.122. The van der Waals surface area contributed by atoms with Gasteiger partial charge in [0.1, 0.15) is 5.82 Å². The quantitative estimate of drug-likeness (QED) is 0.300. The van der Waals surface area contributed by atoms with Gasteiger partial charge in [0.15, 0.2) is 5.96 Å². The van der Waals surface area contributed by atoms with Crippen molar-refractivity contribution >= 4 is 41.7 Å². The number of aliphatic imine (C=N–C) groups is 1. The van der Waals surface area contributed by atoms with E-state index in [1.807, 2.05) is 12.3 Å². The van der Waals surface area contributed by atoms with Gasteiger partial charge in [0.2, 0.25) is 5.91 Å². The molecule has 3 N–H and O–H groups in total. The lowest BCUT2D eigenvalue weighted by Crippen LogP contribution is -2.40. The number of nitrogens with two attached hydrogens (primary N) is 1. The number of nitrogens with one attached hydrogen (secondary N) is 1. The van der Waals surface area contributed by atoms with Crippen molar-refractivity contribution in [3.8, 4) is 0 Å². The van der Waals surface area contributed by atoms with Crippen LogP contribution in [-0.2, 0) is 17.8 Å². The number of pyridine rings is 1. The third-order valence-corrected chi connectivity index (χ3v) is 6.75. The molecule has 2 aliphatic heterocycles. The summed E-state index contributed by atoms with van der Waals surface area (Å²) in [6, 6.07) is 14.8. The Morgan fingerprint density at radius 1 is 1.12 bits per heavy atom. The zero-order chi connectivity index (χ0) is 23.0. The van der Waals surface area contributed by atoms with Gasteiger partial charge >= 0.3 is 0 Å². The van der Waals surface area contributed by atoms with E-state index in [1.54, 1.807) is 0 Å². The fourth-order valence-electron chi connectivity index (χ4n) is 4.94. The first-order chi connectivity index (χ1) is 16.1. The van der Waals surface area contributed by atoms with Crippen LogP contribution in [0.2, 0.25) is 0 Å². The lowest BCUT2D eigenvalue weighted by atomic mass is 9.96. The number of carbonyl (C=O) groups is 1. The van der Waals surface area contributed by atoms with Crippen molar-refractivity contribution in [1.82, 2.24) is 15.2 Å². The molecule has 2 fully saturated rings. The molecule has 7 nitrogen and oxygen atoms in total. The maximum Gasteiger partial charge on any atom is 0.220 e. The minimum atomic E-state index is -0.188. The zero-order valence-electron chi connectivity index (χ0n) is 20.0. The molecule has 0 radical (unpaired) electrons. The second kappa shape index (κ2) is 12.9. The average molecular weight is 577 g/mol. The largest absolute Gasteiger partial charge is 0.369 e. The maximum atomic E-state index is 11.5. The van der Waals surface area contributed by atoms with Gasteiger partial charge in [-0.15, -0.1) is 24.0 Å². The fourth-order valence-corrected chi connectivity index (χ4v) is 4.94. The molecule has 2 aromatic rings. The number of nitrogens with zero attached hydrogens (tertiary/aromatic N) is 4. The van der Waals surface area contributed by atoms with Gasteiger partial charge in [-0.1, -0.05) is 36.4 Å². The van der Waals surface area contributed by atoms with Crippen LogP contribution in [0.3, 0.4) is 0 Å². The molecular formula is C26H37IN6O. The molecule has 4 rings (SSSR count). The van der Waals surface area contributed by atoms with Gasteiger partial charge in [-0.3, -0.25) is 4.79 Å². The van der Waals surface area contributed by atoms with Crippen LogP contribution >= 0.6 is 24.0 Å². The Morgan fingerprint density at radius 2 is 1.88 bits per heavy atom. The third kappa shape index (κ3) is 6.84. The number of hydrogen-bond acceptors (Lipinski definition) is 4. The molecule has 8 heteroatoms.